The van der Waals surface area contributed by atoms with E-state index in [9.17, 15) is 14.4 Å². The zero-order chi connectivity index (χ0) is 28.2. The molecule has 1 aliphatic rings. The zero-order valence-electron chi connectivity index (χ0n) is 23.0. The van der Waals surface area contributed by atoms with Crippen LogP contribution in [0.4, 0.5) is 0 Å². The minimum Gasteiger partial charge on any atom is -0.384 e. The van der Waals surface area contributed by atoms with Gasteiger partial charge in [0.25, 0.3) is 0 Å². The third kappa shape index (κ3) is 21.0. The predicted molar refractivity (Wildman–Crippen MR) is 144 cm³/mol. The van der Waals surface area contributed by atoms with Crippen LogP contribution >= 0.6 is 0 Å². The van der Waals surface area contributed by atoms with E-state index in [0.717, 1.165) is 18.5 Å². The Labute approximate surface area is 231 Å². The summed E-state index contributed by atoms with van der Waals surface area (Å²) in [6, 6.07) is 0. The van der Waals surface area contributed by atoms with Crippen molar-refractivity contribution in [3.8, 4) is 12.3 Å². The Morgan fingerprint density at radius 3 is 1.82 bits per heavy atom. The molecule has 1 rings (SSSR count). The maximum atomic E-state index is 11.7. The van der Waals surface area contributed by atoms with Crippen molar-refractivity contribution in [1.82, 2.24) is 16.0 Å². The molecule has 0 saturated heterocycles. The number of allylic oxidation sites excluding steroid dienone is 1. The number of amides is 2. The Kier molecular flexibility index (Phi) is 22.8. The number of rotatable bonds is 27. The van der Waals surface area contributed by atoms with Gasteiger partial charge in [-0.3, -0.25) is 9.59 Å². The molecule has 1 aliphatic carbocycles. The average molecular weight is 556 g/mol. The lowest BCUT2D eigenvalue weighted by Gasteiger charge is -2.23. The lowest BCUT2D eigenvalue weighted by atomic mass is 9.90. The van der Waals surface area contributed by atoms with Crippen molar-refractivity contribution < 1.29 is 42.8 Å². The number of hydrogen-bond donors (Lipinski definition) is 3. The molecule has 0 bridgehead atoms. The fourth-order valence-corrected chi connectivity index (χ4v) is 3.19. The van der Waals surface area contributed by atoms with Gasteiger partial charge >= 0.3 is 0 Å². The summed E-state index contributed by atoms with van der Waals surface area (Å²) in [5.74, 6) is 2.15. The molecule has 1 saturated carbocycles. The summed E-state index contributed by atoms with van der Waals surface area (Å²) in [6.45, 7) is 5.64. The van der Waals surface area contributed by atoms with E-state index in [1.807, 2.05) is 0 Å². The summed E-state index contributed by atoms with van der Waals surface area (Å²) in [5.41, 5.74) is 2.49. The van der Waals surface area contributed by atoms with E-state index in [2.05, 4.69) is 21.9 Å². The SMILES string of the molecule is C#CCCC(=O)NCCOCCOCC(NCCOCCOCC(=O)NCCOCCOCC=O)=C1CCC1. The quantitative estimate of drug-likeness (QED) is 0.0718. The summed E-state index contributed by atoms with van der Waals surface area (Å²) in [4.78, 5) is 33.2. The van der Waals surface area contributed by atoms with Crippen molar-refractivity contribution in [2.75, 3.05) is 98.9 Å². The van der Waals surface area contributed by atoms with E-state index >= 15 is 0 Å². The molecule has 12 heteroatoms. The Morgan fingerprint density at radius 2 is 1.26 bits per heavy atom. The summed E-state index contributed by atoms with van der Waals surface area (Å²) in [6.07, 6.45) is 9.96. The minimum atomic E-state index is -0.220. The highest BCUT2D eigenvalue weighted by atomic mass is 16.5. The third-order valence-corrected chi connectivity index (χ3v) is 5.38. The molecule has 39 heavy (non-hydrogen) atoms. The maximum Gasteiger partial charge on any atom is 0.246 e. The van der Waals surface area contributed by atoms with Gasteiger partial charge in [0.2, 0.25) is 11.8 Å². The Bertz CT molecular complexity index is 735. The molecule has 2 amide bonds. The van der Waals surface area contributed by atoms with Crippen molar-refractivity contribution in [3.05, 3.63) is 11.3 Å². The second kappa shape index (κ2) is 25.7. The highest BCUT2D eigenvalue weighted by molar-refractivity contribution is 5.77. The highest BCUT2D eigenvalue weighted by Crippen LogP contribution is 2.27. The zero-order valence-corrected chi connectivity index (χ0v) is 23.0. The average Bonchev–Trinajstić information content (AvgIpc) is 2.90. The van der Waals surface area contributed by atoms with E-state index in [0.29, 0.717) is 105 Å². The standard InChI is InChI=1S/C27H45N3O9/c1-2-3-7-26(32)29-9-13-36-18-20-38-22-25(24-5-4-6-24)28-8-12-34-19-21-39-23-27(33)30-10-14-35-16-17-37-15-11-31/h1,11,28H,3-10,12-23H2,(H,29,32)(H,30,33). The van der Waals surface area contributed by atoms with Gasteiger partial charge in [0.15, 0.2) is 0 Å². The molecule has 12 nitrogen and oxygen atoms in total. The van der Waals surface area contributed by atoms with Crippen LogP contribution in [0.25, 0.3) is 0 Å². The van der Waals surface area contributed by atoms with Crippen molar-refractivity contribution in [2.24, 2.45) is 0 Å². The van der Waals surface area contributed by atoms with Crippen molar-refractivity contribution >= 4 is 18.1 Å². The largest absolute Gasteiger partial charge is 0.384 e. The highest BCUT2D eigenvalue weighted by Gasteiger charge is 2.14. The van der Waals surface area contributed by atoms with Gasteiger partial charge < -0.3 is 49.2 Å². The number of ether oxygens (including phenoxy) is 6. The molecule has 0 heterocycles. The fraction of sp³-hybridized carbons (Fsp3) is 0.741. The van der Waals surface area contributed by atoms with Crippen LogP contribution in [0.2, 0.25) is 0 Å². The van der Waals surface area contributed by atoms with Crippen LogP contribution in [0.3, 0.4) is 0 Å². The smallest absolute Gasteiger partial charge is 0.246 e. The number of carbonyl (C=O) groups is 3. The van der Waals surface area contributed by atoms with Crippen LogP contribution in [-0.4, -0.2) is 117 Å². The van der Waals surface area contributed by atoms with Crippen molar-refractivity contribution in [3.63, 3.8) is 0 Å². The molecule has 0 aromatic rings. The molecule has 0 aromatic heterocycles. The van der Waals surface area contributed by atoms with E-state index in [-0.39, 0.29) is 25.0 Å². The van der Waals surface area contributed by atoms with Gasteiger partial charge in [-0.1, -0.05) is 0 Å². The van der Waals surface area contributed by atoms with E-state index in [1.165, 1.54) is 12.0 Å². The van der Waals surface area contributed by atoms with Crippen molar-refractivity contribution in [2.45, 2.75) is 32.1 Å². The normalized spacial score (nSPS) is 12.3. The minimum absolute atomic E-state index is 0.0392. The Hall–Kier alpha value is -2.53. The number of aldehydes is 1. The van der Waals surface area contributed by atoms with Crippen LogP contribution < -0.4 is 16.0 Å². The summed E-state index contributed by atoms with van der Waals surface area (Å²) in [7, 11) is 0. The molecular formula is C27H45N3O9. The van der Waals surface area contributed by atoms with E-state index in [1.54, 1.807) is 0 Å². The lowest BCUT2D eigenvalue weighted by molar-refractivity contribution is -0.126. The van der Waals surface area contributed by atoms with Gasteiger partial charge in [-0.05, 0) is 24.8 Å². The van der Waals surface area contributed by atoms with Gasteiger partial charge in [0, 0.05) is 38.2 Å². The number of carbonyl (C=O) groups excluding carboxylic acids is 3. The molecule has 3 N–H and O–H groups in total. The Morgan fingerprint density at radius 1 is 0.718 bits per heavy atom. The summed E-state index contributed by atoms with van der Waals surface area (Å²) < 4.78 is 32.3. The fourth-order valence-electron chi connectivity index (χ4n) is 3.19. The molecule has 222 valence electrons. The van der Waals surface area contributed by atoms with E-state index < -0.39 is 0 Å². The summed E-state index contributed by atoms with van der Waals surface area (Å²) >= 11 is 0. The maximum absolute atomic E-state index is 11.7. The first kappa shape index (κ1) is 34.5. The van der Waals surface area contributed by atoms with Gasteiger partial charge in [-0.2, -0.15) is 0 Å². The number of terminal acetylenes is 1. The lowest BCUT2D eigenvalue weighted by Crippen LogP contribution is -2.31. The van der Waals surface area contributed by atoms with Crippen LogP contribution in [0.5, 0.6) is 0 Å². The monoisotopic (exact) mass is 555 g/mol. The van der Waals surface area contributed by atoms with Gasteiger partial charge in [0.1, 0.15) is 19.5 Å². The van der Waals surface area contributed by atoms with Crippen molar-refractivity contribution in [1.29, 1.82) is 0 Å². The van der Waals surface area contributed by atoms with Crippen LogP contribution in [0.1, 0.15) is 32.1 Å². The van der Waals surface area contributed by atoms with E-state index in [4.69, 9.17) is 34.8 Å². The molecule has 0 radical (unpaired) electrons. The van der Waals surface area contributed by atoms with Crippen LogP contribution in [-0.2, 0) is 42.8 Å². The molecule has 0 atom stereocenters. The summed E-state index contributed by atoms with van der Waals surface area (Å²) in [5, 5.41) is 8.85. The molecule has 0 unspecified atom stereocenters. The molecular weight excluding hydrogens is 510 g/mol. The number of nitrogens with one attached hydrogen (secondary N) is 3. The first-order chi connectivity index (χ1) is 19.2. The van der Waals surface area contributed by atoms with Crippen LogP contribution in [0, 0.1) is 12.3 Å². The van der Waals surface area contributed by atoms with Gasteiger partial charge in [0.05, 0.1) is 66.1 Å². The predicted octanol–water partition coefficient (Wildman–Crippen LogP) is -0.0417. The molecule has 1 fully saturated rings. The molecule has 0 aromatic carbocycles. The first-order valence-electron chi connectivity index (χ1n) is 13.5. The number of hydrogen-bond acceptors (Lipinski definition) is 10. The topological polar surface area (TPSA) is 143 Å². The molecule has 0 aliphatic heterocycles. The van der Waals surface area contributed by atoms with Gasteiger partial charge in [-0.25, -0.2) is 0 Å². The second-order valence-corrected chi connectivity index (χ2v) is 8.45. The van der Waals surface area contributed by atoms with Crippen LogP contribution in [0.15, 0.2) is 11.3 Å². The Balaban J connectivity index is 1.95. The second-order valence-electron chi connectivity index (χ2n) is 8.45. The van der Waals surface area contributed by atoms with Gasteiger partial charge in [-0.15, -0.1) is 12.3 Å². The first-order valence-corrected chi connectivity index (χ1v) is 13.5. The molecule has 0 spiro atoms. The third-order valence-electron chi connectivity index (χ3n) is 5.38.